The third-order valence-electron chi connectivity index (χ3n) is 2.86. The van der Waals surface area contributed by atoms with E-state index in [1.165, 1.54) is 34.8 Å². The Morgan fingerprint density at radius 1 is 1.13 bits per heavy atom. The Hall–Kier alpha value is -2.30. The van der Waals surface area contributed by atoms with E-state index in [1.54, 1.807) is 5.38 Å². The molecule has 1 aromatic carbocycles. The Morgan fingerprint density at radius 2 is 1.87 bits per heavy atom. The fraction of sp³-hybridized carbons (Fsp3) is 0. The molecule has 0 radical (unpaired) electrons. The Morgan fingerprint density at radius 3 is 2.48 bits per heavy atom. The molecule has 1 N–H and O–H groups in total. The lowest BCUT2D eigenvalue weighted by molar-refractivity contribution is -0.384. The molecule has 3 aromatic rings. The molecule has 0 amide bonds. The van der Waals surface area contributed by atoms with E-state index in [2.05, 4.69) is 9.71 Å². The van der Waals surface area contributed by atoms with Gasteiger partial charge in [-0.25, -0.2) is 13.4 Å². The monoisotopic (exact) mass is 367 g/mol. The lowest BCUT2D eigenvalue weighted by Gasteiger charge is -2.04. The summed E-state index contributed by atoms with van der Waals surface area (Å²) in [4.78, 5) is 15.1. The van der Waals surface area contributed by atoms with Gasteiger partial charge in [-0.15, -0.1) is 22.7 Å². The predicted molar refractivity (Wildman–Crippen MR) is 89.3 cm³/mol. The van der Waals surface area contributed by atoms with Gasteiger partial charge in [-0.05, 0) is 23.6 Å². The van der Waals surface area contributed by atoms with Crippen LogP contribution in [0.2, 0.25) is 0 Å². The van der Waals surface area contributed by atoms with Crippen molar-refractivity contribution in [2.24, 2.45) is 0 Å². The molecule has 23 heavy (non-hydrogen) atoms. The summed E-state index contributed by atoms with van der Waals surface area (Å²) in [6, 6.07) is 8.46. The number of hydrogen-bond acceptors (Lipinski definition) is 7. The van der Waals surface area contributed by atoms with Crippen LogP contribution in [0.25, 0.3) is 10.6 Å². The predicted octanol–water partition coefficient (Wildman–Crippen LogP) is 3.58. The number of hydrogen-bond donors (Lipinski definition) is 1. The smallest absolute Gasteiger partial charge is 0.258 e. The van der Waals surface area contributed by atoms with E-state index < -0.39 is 14.9 Å². The van der Waals surface area contributed by atoms with Crippen LogP contribution in [0.15, 0.2) is 52.1 Å². The van der Waals surface area contributed by atoms with Crippen molar-refractivity contribution in [1.29, 1.82) is 0 Å². The summed E-state index contributed by atoms with van der Waals surface area (Å²) in [5, 5.41) is 14.5. The lowest BCUT2D eigenvalue weighted by Crippen LogP contribution is -2.12. The summed E-state index contributed by atoms with van der Waals surface area (Å²) in [5.74, 6) is 0. The number of thiophene rings is 1. The van der Waals surface area contributed by atoms with E-state index in [0.717, 1.165) is 17.0 Å². The number of nitrogens with zero attached hydrogens (tertiary/aromatic N) is 2. The topological polar surface area (TPSA) is 102 Å². The molecule has 0 bridgehead atoms. The highest BCUT2D eigenvalue weighted by Crippen LogP contribution is 2.29. The van der Waals surface area contributed by atoms with Gasteiger partial charge in [0.05, 0.1) is 20.4 Å². The first-order chi connectivity index (χ1) is 11.0. The molecule has 7 nitrogen and oxygen atoms in total. The SMILES string of the molecule is O=[N+]([O-])c1ccc(S(=O)(=O)Nc2nc(-c3cccs3)cs2)cc1. The molecule has 0 spiro atoms. The first-order valence-electron chi connectivity index (χ1n) is 6.22. The van der Waals surface area contributed by atoms with Gasteiger partial charge >= 0.3 is 0 Å². The number of nitro groups is 1. The number of benzene rings is 1. The summed E-state index contributed by atoms with van der Waals surface area (Å²) in [5.41, 5.74) is 0.532. The summed E-state index contributed by atoms with van der Waals surface area (Å²) in [6.07, 6.45) is 0. The van der Waals surface area contributed by atoms with Crippen LogP contribution in [0.1, 0.15) is 0 Å². The van der Waals surface area contributed by atoms with Crippen molar-refractivity contribution in [2.75, 3.05) is 4.72 Å². The van der Waals surface area contributed by atoms with Gasteiger partial charge in [-0.1, -0.05) is 6.07 Å². The summed E-state index contributed by atoms with van der Waals surface area (Å²) >= 11 is 2.69. The standard InChI is InChI=1S/C13H9N3O4S3/c17-16(18)9-3-5-10(6-4-9)23(19,20)15-13-14-11(8-22-13)12-2-1-7-21-12/h1-8H,(H,14,15). The van der Waals surface area contributed by atoms with Crippen molar-refractivity contribution in [3.8, 4) is 10.6 Å². The molecule has 0 atom stereocenters. The van der Waals surface area contributed by atoms with Crippen molar-refractivity contribution in [3.63, 3.8) is 0 Å². The summed E-state index contributed by atoms with van der Waals surface area (Å²) < 4.78 is 26.9. The van der Waals surface area contributed by atoms with E-state index in [9.17, 15) is 18.5 Å². The molecule has 0 aliphatic carbocycles. The zero-order chi connectivity index (χ0) is 16.4. The van der Waals surface area contributed by atoms with Crippen molar-refractivity contribution < 1.29 is 13.3 Å². The zero-order valence-electron chi connectivity index (χ0n) is 11.4. The molecule has 0 aliphatic rings. The first kappa shape index (κ1) is 15.6. The number of nitrogens with one attached hydrogen (secondary N) is 1. The molecule has 2 aromatic heterocycles. The normalized spacial score (nSPS) is 11.3. The van der Waals surface area contributed by atoms with Crippen LogP contribution in [-0.2, 0) is 10.0 Å². The quantitative estimate of drug-likeness (QED) is 0.548. The van der Waals surface area contributed by atoms with Gasteiger partial charge in [-0.3, -0.25) is 14.8 Å². The number of sulfonamides is 1. The Kier molecular flexibility index (Phi) is 4.11. The van der Waals surface area contributed by atoms with Gasteiger partial charge < -0.3 is 0 Å². The minimum atomic E-state index is -3.83. The number of nitro benzene ring substituents is 1. The molecule has 0 fully saturated rings. The molecule has 3 rings (SSSR count). The van der Waals surface area contributed by atoms with E-state index >= 15 is 0 Å². The lowest BCUT2D eigenvalue weighted by atomic mass is 10.3. The van der Waals surface area contributed by atoms with Crippen LogP contribution >= 0.6 is 22.7 Å². The van der Waals surface area contributed by atoms with Gasteiger partial charge in [0, 0.05) is 17.5 Å². The molecule has 0 unspecified atom stereocenters. The highest BCUT2D eigenvalue weighted by molar-refractivity contribution is 7.93. The van der Waals surface area contributed by atoms with E-state index in [1.807, 2.05) is 17.5 Å². The Bertz CT molecular complexity index is 931. The minimum Gasteiger partial charge on any atom is -0.258 e. The first-order valence-corrected chi connectivity index (χ1v) is 9.47. The summed E-state index contributed by atoms with van der Waals surface area (Å²) in [7, 11) is -3.83. The highest BCUT2D eigenvalue weighted by Gasteiger charge is 2.18. The molecular weight excluding hydrogens is 358 g/mol. The van der Waals surface area contributed by atoms with Crippen molar-refractivity contribution in [3.05, 3.63) is 57.3 Å². The van der Waals surface area contributed by atoms with Crippen LogP contribution in [0.5, 0.6) is 0 Å². The number of anilines is 1. The fourth-order valence-corrected chi connectivity index (χ4v) is 4.50. The van der Waals surface area contributed by atoms with Crippen molar-refractivity contribution >= 4 is 43.5 Å². The van der Waals surface area contributed by atoms with Crippen LogP contribution < -0.4 is 4.72 Å². The minimum absolute atomic E-state index is 0.0593. The van der Waals surface area contributed by atoms with E-state index in [0.29, 0.717) is 5.69 Å². The van der Waals surface area contributed by atoms with Crippen LogP contribution in [0, 0.1) is 10.1 Å². The van der Waals surface area contributed by atoms with E-state index in [4.69, 9.17) is 0 Å². The third kappa shape index (κ3) is 3.38. The average molecular weight is 367 g/mol. The second-order valence-corrected chi connectivity index (χ2v) is 7.86. The second kappa shape index (κ2) is 6.07. The molecule has 2 heterocycles. The number of thiazole rings is 1. The Balaban J connectivity index is 1.82. The van der Waals surface area contributed by atoms with Gasteiger partial charge in [-0.2, -0.15) is 0 Å². The second-order valence-electron chi connectivity index (χ2n) is 4.37. The zero-order valence-corrected chi connectivity index (χ0v) is 13.8. The van der Waals surface area contributed by atoms with Gasteiger partial charge in [0.15, 0.2) is 5.13 Å². The fourth-order valence-electron chi connectivity index (χ4n) is 1.78. The molecule has 0 saturated heterocycles. The molecule has 0 saturated carbocycles. The number of non-ortho nitro benzene ring substituents is 1. The van der Waals surface area contributed by atoms with Crippen molar-refractivity contribution in [1.82, 2.24) is 4.98 Å². The summed E-state index contributed by atoms with van der Waals surface area (Å²) in [6.45, 7) is 0. The van der Waals surface area contributed by atoms with Crippen LogP contribution in [0.3, 0.4) is 0 Å². The maximum absolute atomic E-state index is 12.3. The highest BCUT2D eigenvalue weighted by atomic mass is 32.2. The molecular formula is C13H9N3O4S3. The largest absolute Gasteiger partial charge is 0.269 e. The van der Waals surface area contributed by atoms with Gasteiger partial charge in [0.1, 0.15) is 0 Å². The molecule has 0 aliphatic heterocycles. The maximum Gasteiger partial charge on any atom is 0.269 e. The Labute approximate surface area is 139 Å². The van der Waals surface area contributed by atoms with E-state index in [-0.39, 0.29) is 15.7 Å². The van der Waals surface area contributed by atoms with Crippen molar-refractivity contribution in [2.45, 2.75) is 4.90 Å². The molecule has 118 valence electrons. The molecule has 10 heteroatoms. The average Bonchev–Trinajstić information content (AvgIpc) is 3.18. The number of rotatable bonds is 5. The third-order valence-corrected chi connectivity index (χ3v) is 5.99. The van der Waals surface area contributed by atoms with Crippen LogP contribution in [0.4, 0.5) is 10.8 Å². The number of aromatic nitrogens is 1. The van der Waals surface area contributed by atoms with Crippen LogP contribution in [-0.4, -0.2) is 18.3 Å². The van der Waals surface area contributed by atoms with Gasteiger partial charge in [0.25, 0.3) is 15.7 Å². The maximum atomic E-state index is 12.3. The van der Waals surface area contributed by atoms with Gasteiger partial charge in [0.2, 0.25) is 0 Å².